The van der Waals surface area contributed by atoms with Gasteiger partial charge in [0.25, 0.3) is 0 Å². The van der Waals surface area contributed by atoms with E-state index in [2.05, 4.69) is 11.9 Å². The molecule has 0 spiro atoms. The van der Waals surface area contributed by atoms with Crippen LogP contribution in [0.5, 0.6) is 0 Å². The molecule has 16 heavy (non-hydrogen) atoms. The maximum absolute atomic E-state index is 11.4. The highest BCUT2D eigenvalue weighted by Crippen LogP contribution is 2.32. The molecule has 0 aromatic heterocycles. The fourth-order valence-corrected chi connectivity index (χ4v) is 1.55. The minimum absolute atomic E-state index is 0.145. The zero-order valence-electron chi connectivity index (χ0n) is 9.91. The van der Waals surface area contributed by atoms with Crippen molar-refractivity contribution >= 4 is 5.97 Å². The normalized spacial score (nSPS) is 16.8. The molecule has 0 saturated heterocycles. The molecule has 1 fully saturated rings. The fraction of sp³-hybridized carbons (Fsp3) is 0.750. The van der Waals surface area contributed by atoms with Gasteiger partial charge in [-0.1, -0.05) is 6.08 Å². The van der Waals surface area contributed by atoms with Gasteiger partial charge in [-0.15, -0.1) is 6.58 Å². The van der Waals surface area contributed by atoms with E-state index < -0.39 is 0 Å². The molecule has 1 aliphatic carbocycles. The largest absolute Gasteiger partial charge is 0.468 e. The molecule has 92 valence electrons. The molecule has 0 amide bonds. The predicted molar refractivity (Wildman–Crippen MR) is 62.2 cm³/mol. The van der Waals surface area contributed by atoms with Crippen molar-refractivity contribution in [2.24, 2.45) is 5.92 Å². The highest BCUT2D eigenvalue weighted by molar-refractivity contribution is 5.76. The molecule has 1 rings (SSSR count). The second kappa shape index (κ2) is 7.41. The van der Waals surface area contributed by atoms with Gasteiger partial charge in [-0.05, 0) is 25.2 Å². The van der Waals surface area contributed by atoms with E-state index in [1.54, 1.807) is 0 Å². The minimum Gasteiger partial charge on any atom is -0.468 e. The van der Waals surface area contributed by atoms with Crippen LogP contribution in [0.2, 0.25) is 0 Å². The van der Waals surface area contributed by atoms with Crippen molar-refractivity contribution in [2.45, 2.75) is 25.3 Å². The van der Waals surface area contributed by atoms with Crippen LogP contribution in [0.25, 0.3) is 0 Å². The molecule has 4 nitrogen and oxygen atoms in total. The predicted octanol–water partition coefficient (Wildman–Crippen LogP) is 1.12. The van der Waals surface area contributed by atoms with Gasteiger partial charge in [-0.3, -0.25) is 4.79 Å². The van der Waals surface area contributed by atoms with E-state index >= 15 is 0 Å². The zero-order valence-corrected chi connectivity index (χ0v) is 9.91. The van der Waals surface area contributed by atoms with E-state index in [1.165, 1.54) is 7.11 Å². The van der Waals surface area contributed by atoms with Crippen LogP contribution in [0.1, 0.15) is 19.3 Å². The summed E-state index contributed by atoms with van der Waals surface area (Å²) in [6.45, 7) is 5.61. The third-order valence-electron chi connectivity index (χ3n) is 2.63. The molecule has 0 aliphatic heterocycles. The van der Waals surface area contributed by atoms with Crippen LogP contribution in [-0.4, -0.2) is 38.9 Å². The first-order valence-electron chi connectivity index (χ1n) is 5.79. The number of ether oxygens (including phenoxy) is 2. The Bertz CT molecular complexity index is 226. The lowest BCUT2D eigenvalue weighted by Gasteiger charge is -2.15. The maximum Gasteiger partial charge on any atom is 0.323 e. The SMILES string of the molecule is C=CCCOCCNC(C(=O)OC)C1CC1. The molecule has 0 radical (unpaired) electrons. The van der Waals surface area contributed by atoms with Gasteiger partial charge in [-0.25, -0.2) is 0 Å². The van der Waals surface area contributed by atoms with Crippen molar-refractivity contribution in [2.75, 3.05) is 26.9 Å². The van der Waals surface area contributed by atoms with Gasteiger partial charge in [0, 0.05) is 6.54 Å². The molecule has 0 aromatic carbocycles. The Morgan fingerprint density at radius 3 is 2.88 bits per heavy atom. The van der Waals surface area contributed by atoms with E-state index in [4.69, 9.17) is 9.47 Å². The van der Waals surface area contributed by atoms with Crippen molar-refractivity contribution in [3.05, 3.63) is 12.7 Å². The standard InChI is InChI=1S/C12H21NO3/c1-3-4-8-16-9-7-13-11(10-5-6-10)12(14)15-2/h3,10-11,13H,1,4-9H2,2H3. The van der Waals surface area contributed by atoms with Crippen LogP contribution in [0.3, 0.4) is 0 Å². The van der Waals surface area contributed by atoms with Crippen LogP contribution >= 0.6 is 0 Å². The van der Waals surface area contributed by atoms with Crippen LogP contribution in [-0.2, 0) is 14.3 Å². The molecule has 0 heterocycles. The average Bonchev–Trinajstić information content (AvgIpc) is 3.11. The zero-order chi connectivity index (χ0) is 11.8. The van der Waals surface area contributed by atoms with Gasteiger partial charge in [0.15, 0.2) is 0 Å². The second-order valence-electron chi connectivity index (χ2n) is 3.98. The number of carbonyl (C=O) groups excluding carboxylic acids is 1. The summed E-state index contributed by atoms with van der Waals surface area (Å²) in [5.74, 6) is 0.300. The summed E-state index contributed by atoms with van der Waals surface area (Å²) in [5, 5.41) is 3.18. The Balaban J connectivity index is 2.08. The number of hydrogen-bond donors (Lipinski definition) is 1. The number of nitrogens with one attached hydrogen (secondary N) is 1. The Morgan fingerprint density at radius 1 is 1.56 bits per heavy atom. The molecular weight excluding hydrogens is 206 g/mol. The molecule has 1 unspecified atom stereocenters. The van der Waals surface area contributed by atoms with Crippen LogP contribution in [0.15, 0.2) is 12.7 Å². The first-order valence-corrected chi connectivity index (χ1v) is 5.79. The first kappa shape index (κ1) is 13.2. The molecule has 1 N–H and O–H groups in total. The summed E-state index contributed by atoms with van der Waals surface area (Å²) in [5.41, 5.74) is 0. The number of rotatable bonds is 9. The monoisotopic (exact) mass is 227 g/mol. The average molecular weight is 227 g/mol. The lowest BCUT2D eigenvalue weighted by atomic mass is 10.2. The maximum atomic E-state index is 11.4. The Morgan fingerprint density at radius 2 is 2.31 bits per heavy atom. The summed E-state index contributed by atoms with van der Waals surface area (Å²) in [6, 6.07) is -0.145. The lowest BCUT2D eigenvalue weighted by molar-refractivity contribution is -0.143. The highest BCUT2D eigenvalue weighted by atomic mass is 16.5. The number of hydrogen-bond acceptors (Lipinski definition) is 4. The molecular formula is C12H21NO3. The van der Waals surface area contributed by atoms with Gasteiger partial charge < -0.3 is 14.8 Å². The third-order valence-corrected chi connectivity index (χ3v) is 2.63. The van der Waals surface area contributed by atoms with Gasteiger partial charge in [0.1, 0.15) is 6.04 Å². The van der Waals surface area contributed by atoms with E-state index in [1.807, 2.05) is 6.08 Å². The lowest BCUT2D eigenvalue weighted by Crippen LogP contribution is -2.41. The smallest absolute Gasteiger partial charge is 0.323 e. The van der Waals surface area contributed by atoms with Gasteiger partial charge in [-0.2, -0.15) is 0 Å². The molecule has 1 saturated carbocycles. The summed E-state index contributed by atoms with van der Waals surface area (Å²) in [6.07, 6.45) is 4.92. The molecule has 4 heteroatoms. The third kappa shape index (κ3) is 4.77. The minimum atomic E-state index is -0.159. The first-order chi connectivity index (χ1) is 7.79. The van der Waals surface area contributed by atoms with Crippen molar-refractivity contribution in [3.8, 4) is 0 Å². The van der Waals surface area contributed by atoms with Crippen molar-refractivity contribution in [1.82, 2.24) is 5.32 Å². The van der Waals surface area contributed by atoms with Gasteiger partial charge in [0.2, 0.25) is 0 Å². The van der Waals surface area contributed by atoms with Crippen molar-refractivity contribution < 1.29 is 14.3 Å². The summed E-state index contributed by atoms with van der Waals surface area (Å²) in [7, 11) is 1.43. The summed E-state index contributed by atoms with van der Waals surface area (Å²) >= 11 is 0. The molecule has 0 aromatic rings. The number of esters is 1. The van der Waals surface area contributed by atoms with Crippen LogP contribution < -0.4 is 5.32 Å². The fourth-order valence-electron chi connectivity index (χ4n) is 1.55. The topological polar surface area (TPSA) is 47.6 Å². The number of carbonyl (C=O) groups is 1. The quantitative estimate of drug-likeness (QED) is 0.364. The van der Waals surface area contributed by atoms with E-state index in [0.29, 0.717) is 25.7 Å². The van der Waals surface area contributed by atoms with E-state index in [0.717, 1.165) is 19.3 Å². The molecule has 1 aliphatic rings. The number of methoxy groups -OCH3 is 1. The van der Waals surface area contributed by atoms with Crippen molar-refractivity contribution in [3.63, 3.8) is 0 Å². The Hall–Kier alpha value is -0.870. The Kier molecular flexibility index (Phi) is 6.11. The highest BCUT2D eigenvalue weighted by Gasteiger charge is 2.36. The van der Waals surface area contributed by atoms with Gasteiger partial charge in [0.05, 0.1) is 20.3 Å². The van der Waals surface area contributed by atoms with Gasteiger partial charge >= 0.3 is 5.97 Å². The summed E-state index contributed by atoms with van der Waals surface area (Å²) < 4.78 is 10.1. The molecule has 1 atom stereocenters. The Labute approximate surface area is 97.0 Å². The van der Waals surface area contributed by atoms with E-state index in [9.17, 15) is 4.79 Å². The summed E-state index contributed by atoms with van der Waals surface area (Å²) in [4.78, 5) is 11.4. The van der Waals surface area contributed by atoms with E-state index in [-0.39, 0.29) is 12.0 Å². The van der Waals surface area contributed by atoms with Crippen LogP contribution in [0, 0.1) is 5.92 Å². The second-order valence-corrected chi connectivity index (χ2v) is 3.98. The molecule has 0 bridgehead atoms. The van der Waals surface area contributed by atoms with Crippen LogP contribution in [0.4, 0.5) is 0 Å². The van der Waals surface area contributed by atoms with Crippen molar-refractivity contribution in [1.29, 1.82) is 0 Å².